The third-order valence-electron chi connectivity index (χ3n) is 1.64. The van der Waals surface area contributed by atoms with Crippen LogP contribution in [0.25, 0.3) is 0 Å². The largest absolute Gasteiger partial charge is 0.524 e. The van der Waals surface area contributed by atoms with Crippen molar-refractivity contribution >= 4 is 29.1 Å². The minimum absolute atomic E-state index is 0.142. The Morgan fingerprint density at radius 3 is 2.29 bits per heavy atom. The summed E-state index contributed by atoms with van der Waals surface area (Å²) in [4.78, 5) is 31.7. The van der Waals surface area contributed by atoms with Crippen LogP contribution in [0.3, 0.4) is 0 Å². The van der Waals surface area contributed by atoms with E-state index in [4.69, 9.17) is 4.43 Å². The molecule has 0 radical (unpaired) electrons. The standard InChI is InChI=1S/C9H19O6PSi/c1-4-14-8(10)5-16(12,13)6-9(11)15-17-7(2)3/h7H,4-6,17H2,1-3H3,(H,12,13). The second-order valence-electron chi connectivity index (χ2n) is 4.04. The average Bonchev–Trinajstić information content (AvgIpc) is 2.13. The molecule has 1 N–H and O–H groups in total. The molecule has 1 atom stereocenters. The first-order valence-corrected chi connectivity index (χ1v) is 8.81. The fourth-order valence-electron chi connectivity index (χ4n) is 0.971. The van der Waals surface area contributed by atoms with E-state index in [1.165, 1.54) is 0 Å². The van der Waals surface area contributed by atoms with Crippen LogP contribution in [0.1, 0.15) is 20.8 Å². The molecule has 17 heavy (non-hydrogen) atoms. The maximum Gasteiger partial charge on any atom is 0.315 e. The fourth-order valence-corrected chi connectivity index (χ4v) is 2.87. The molecule has 0 aliphatic heterocycles. The Bertz CT molecular complexity index is 317. The van der Waals surface area contributed by atoms with Gasteiger partial charge in [0.05, 0.1) is 6.61 Å². The molecule has 0 amide bonds. The molecule has 0 bridgehead atoms. The molecule has 6 nitrogen and oxygen atoms in total. The Kier molecular flexibility index (Phi) is 7.34. The third kappa shape index (κ3) is 9.09. The lowest BCUT2D eigenvalue weighted by Gasteiger charge is -2.11. The monoisotopic (exact) mass is 282 g/mol. The number of carbonyl (C=O) groups excluding carboxylic acids is 2. The van der Waals surface area contributed by atoms with E-state index in [0.717, 1.165) is 0 Å². The van der Waals surface area contributed by atoms with Gasteiger partial charge in [0.25, 0.3) is 0 Å². The van der Waals surface area contributed by atoms with Crippen LogP contribution in [0.4, 0.5) is 0 Å². The van der Waals surface area contributed by atoms with Gasteiger partial charge >= 0.3 is 11.9 Å². The second kappa shape index (κ2) is 7.63. The summed E-state index contributed by atoms with van der Waals surface area (Å²) in [7, 11) is -4.83. The van der Waals surface area contributed by atoms with Crippen LogP contribution in [0.5, 0.6) is 0 Å². The van der Waals surface area contributed by atoms with Crippen LogP contribution >= 0.6 is 7.37 Å². The van der Waals surface area contributed by atoms with Gasteiger partial charge in [-0.15, -0.1) is 0 Å². The summed E-state index contributed by atoms with van der Waals surface area (Å²) in [5.74, 6) is -1.48. The molecular formula is C9H19O6PSi. The lowest BCUT2D eigenvalue weighted by atomic mass is 10.6. The van der Waals surface area contributed by atoms with Crippen LogP contribution in [-0.4, -0.2) is 45.5 Å². The Morgan fingerprint density at radius 2 is 1.82 bits per heavy atom. The van der Waals surface area contributed by atoms with Gasteiger partial charge in [-0.1, -0.05) is 13.8 Å². The van der Waals surface area contributed by atoms with E-state index in [1.807, 2.05) is 13.8 Å². The first kappa shape index (κ1) is 16.3. The van der Waals surface area contributed by atoms with Crippen molar-refractivity contribution in [3.05, 3.63) is 0 Å². The Hall–Kier alpha value is -0.653. The zero-order valence-electron chi connectivity index (χ0n) is 10.3. The molecule has 0 saturated heterocycles. The molecule has 100 valence electrons. The number of hydrogen-bond acceptors (Lipinski definition) is 5. The summed E-state index contributed by atoms with van der Waals surface area (Å²) in [5.41, 5.74) is 0.294. The molecule has 0 fully saturated rings. The molecule has 0 aliphatic rings. The summed E-state index contributed by atoms with van der Waals surface area (Å²) in [6, 6.07) is 0. The molecule has 1 unspecified atom stereocenters. The van der Waals surface area contributed by atoms with Gasteiger partial charge in [-0.3, -0.25) is 14.2 Å². The van der Waals surface area contributed by atoms with Crippen LogP contribution in [0.2, 0.25) is 5.54 Å². The van der Waals surface area contributed by atoms with E-state index in [2.05, 4.69) is 4.74 Å². The first-order chi connectivity index (χ1) is 7.76. The van der Waals surface area contributed by atoms with Crippen LogP contribution in [0, 0.1) is 0 Å². The van der Waals surface area contributed by atoms with E-state index in [0.29, 0.717) is 5.54 Å². The van der Waals surface area contributed by atoms with Crippen molar-refractivity contribution < 1.29 is 28.2 Å². The molecule has 0 rings (SSSR count). The minimum atomic E-state index is -3.82. The molecule has 0 aromatic rings. The summed E-state index contributed by atoms with van der Waals surface area (Å²) >= 11 is 0. The fraction of sp³-hybridized carbons (Fsp3) is 0.778. The van der Waals surface area contributed by atoms with E-state index >= 15 is 0 Å². The topological polar surface area (TPSA) is 89.9 Å². The molecule has 0 aromatic carbocycles. The molecule has 0 aromatic heterocycles. The number of ether oxygens (including phenoxy) is 1. The van der Waals surface area contributed by atoms with Gasteiger partial charge in [-0.05, 0) is 12.5 Å². The van der Waals surface area contributed by atoms with Crippen molar-refractivity contribution in [3.8, 4) is 0 Å². The predicted molar refractivity (Wildman–Crippen MR) is 65.9 cm³/mol. The minimum Gasteiger partial charge on any atom is -0.524 e. The first-order valence-electron chi connectivity index (χ1n) is 5.39. The van der Waals surface area contributed by atoms with Crippen molar-refractivity contribution in [2.75, 3.05) is 18.9 Å². The Balaban J connectivity index is 4.11. The zero-order valence-corrected chi connectivity index (χ0v) is 12.7. The van der Waals surface area contributed by atoms with E-state index in [1.54, 1.807) is 6.92 Å². The lowest BCUT2D eigenvalue weighted by Crippen LogP contribution is -2.18. The highest BCUT2D eigenvalue weighted by Gasteiger charge is 2.27. The van der Waals surface area contributed by atoms with E-state index in [-0.39, 0.29) is 6.61 Å². The molecular weight excluding hydrogens is 263 g/mol. The average molecular weight is 282 g/mol. The summed E-state index contributed by atoms with van der Waals surface area (Å²) in [5, 5.41) is 0. The van der Waals surface area contributed by atoms with Gasteiger partial charge in [0.2, 0.25) is 17.1 Å². The summed E-state index contributed by atoms with van der Waals surface area (Å²) in [6.45, 7) is 5.57. The summed E-state index contributed by atoms with van der Waals surface area (Å²) < 4.78 is 21.0. The number of esters is 1. The van der Waals surface area contributed by atoms with Gasteiger partial charge in [-0.25, -0.2) is 0 Å². The molecule has 0 heterocycles. The Labute approximate surface area is 103 Å². The van der Waals surface area contributed by atoms with Crippen molar-refractivity contribution in [1.29, 1.82) is 0 Å². The van der Waals surface area contributed by atoms with Gasteiger partial charge in [-0.2, -0.15) is 0 Å². The van der Waals surface area contributed by atoms with Crippen LogP contribution in [0.15, 0.2) is 0 Å². The molecule has 0 aliphatic carbocycles. The maximum absolute atomic E-state index is 11.5. The smallest absolute Gasteiger partial charge is 0.315 e. The second-order valence-corrected chi connectivity index (χ2v) is 8.62. The van der Waals surface area contributed by atoms with E-state index in [9.17, 15) is 19.0 Å². The van der Waals surface area contributed by atoms with Gasteiger partial charge in [0.1, 0.15) is 12.3 Å². The maximum atomic E-state index is 11.5. The van der Waals surface area contributed by atoms with E-state index < -0.39 is 41.4 Å². The molecule has 8 heteroatoms. The van der Waals surface area contributed by atoms with Crippen molar-refractivity contribution in [2.45, 2.75) is 26.3 Å². The van der Waals surface area contributed by atoms with Crippen molar-refractivity contribution in [1.82, 2.24) is 0 Å². The zero-order chi connectivity index (χ0) is 13.5. The number of rotatable bonds is 7. The van der Waals surface area contributed by atoms with Gasteiger partial charge in [0, 0.05) is 0 Å². The summed E-state index contributed by atoms with van der Waals surface area (Å²) in [6.07, 6.45) is -1.26. The van der Waals surface area contributed by atoms with Crippen molar-refractivity contribution in [3.63, 3.8) is 0 Å². The number of carbonyl (C=O) groups is 2. The Morgan fingerprint density at radius 1 is 1.29 bits per heavy atom. The SMILES string of the molecule is CCOC(=O)CP(=O)(O)CC(=O)O[SiH2]C(C)C. The highest BCUT2D eigenvalue weighted by molar-refractivity contribution is 7.59. The molecule has 0 saturated carbocycles. The quantitative estimate of drug-likeness (QED) is 0.410. The van der Waals surface area contributed by atoms with Crippen LogP contribution < -0.4 is 0 Å². The normalized spacial score (nSPS) is 14.9. The highest BCUT2D eigenvalue weighted by atomic mass is 31.2. The van der Waals surface area contributed by atoms with Gasteiger partial charge < -0.3 is 14.1 Å². The van der Waals surface area contributed by atoms with Gasteiger partial charge in [0.15, 0.2) is 0 Å². The van der Waals surface area contributed by atoms with Crippen LogP contribution in [-0.2, 0) is 23.3 Å². The highest BCUT2D eigenvalue weighted by Crippen LogP contribution is 2.40. The van der Waals surface area contributed by atoms with Crippen molar-refractivity contribution in [2.24, 2.45) is 0 Å². The number of hydrogen-bond donors (Lipinski definition) is 1. The lowest BCUT2D eigenvalue weighted by molar-refractivity contribution is -0.140. The third-order valence-corrected chi connectivity index (χ3v) is 4.30. The predicted octanol–water partition coefficient (Wildman–Crippen LogP) is 0.275. The molecule has 0 spiro atoms.